The molecule has 0 aliphatic carbocycles. The van der Waals surface area contributed by atoms with E-state index in [-0.39, 0.29) is 0 Å². The van der Waals surface area contributed by atoms with Crippen LogP contribution in [0.5, 0.6) is 5.75 Å². The molecule has 0 fully saturated rings. The van der Waals surface area contributed by atoms with Gasteiger partial charge in [-0.2, -0.15) is 5.26 Å². The largest absolute Gasteiger partial charge is 0.492 e. The molecule has 0 aromatic heterocycles. The van der Waals surface area contributed by atoms with Gasteiger partial charge in [0.25, 0.3) is 0 Å². The zero-order chi connectivity index (χ0) is 12.0. The van der Waals surface area contributed by atoms with E-state index >= 15 is 0 Å². The first-order chi connectivity index (χ1) is 7.65. The van der Waals surface area contributed by atoms with Crippen molar-refractivity contribution in [1.82, 2.24) is 0 Å². The molecule has 0 spiro atoms. The Bertz CT molecular complexity index is 377. The van der Waals surface area contributed by atoms with Crippen molar-refractivity contribution in [3.8, 4) is 11.8 Å². The van der Waals surface area contributed by atoms with E-state index in [0.29, 0.717) is 18.1 Å². The third-order valence-electron chi connectivity index (χ3n) is 2.50. The fourth-order valence-corrected chi connectivity index (χ4v) is 1.60. The van der Waals surface area contributed by atoms with E-state index in [0.717, 1.165) is 24.2 Å². The Balaban J connectivity index is 2.57. The molecule has 0 atom stereocenters. The monoisotopic (exact) mass is 217 g/mol. The van der Waals surface area contributed by atoms with Gasteiger partial charge in [0.2, 0.25) is 0 Å². The van der Waals surface area contributed by atoms with Gasteiger partial charge in [-0.3, -0.25) is 0 Å². The molecule has 1 rings (SSSR count). The quantitative estimate of drug-likeness (QED) is 0.705. The number of hydrogen-bond acceptors (Lipinski definition) is 2. The predicted octanol–water partition coefficient (Wildman–Crippen LogP) is 3.68. The molecule has 2 nitrogen and oxygen atoms in total. The molecular formula is C14H19NO. The standard InChI is InChI=1S/C14H19NO/c1-11(2)6-5-9-16-14-12(3)7-4-8-13(14)10-15/h4,7-8,11H,5-6,9H2,1-3H3. The Hall–Kier alpha value is -1.49. The van der Waals surface area contributed by atoms with Gasteiger partial charge in [0.05, 0.1) is 12.2 Å². The van der Waals surface area contributed by atoms with E-state index in [2.05, 4.69) is 19.9 Å². The highest BCUT2D eigenvalue weighted by atomic mass is 16.5. The molecule has 86 valence electrons. The van der Waals surface area contributed by atoms with Crippen molar-refractivity contribution in [3.63, 3.8) is 0 Å². The molecule has 0 heterocycles. The number of hydrogen-bond donors (Lipinski definition) is 0. The van der Waals surface area contributed by atoms with Crippen LogP contribution in [0.3, 0.4) is 0 Å². The number of nitriles is 1. The molecule has 0 saturated carbocycles. The number of para-hydroxylation sites is 1. The summed E-state index contributed by atoms with van der Waals surface area (Å²) >= 11 is 0. The molecular weight excluding hydrogens is 198 g/mol. The molecule has 0 radical (unpaired) electrons. The van der Waals surface area contributed by atoms with E-state index < -0.39 is 0 Å². The minimum atomic E-state index is 0.629. The van der Waals surface area contributed by atoms with Crippen molar-refractivity contribution in [3.05, 3.63) is 29.3 Å². The van der Waals surface area contributed by atoms with Crippen molar-refractivity contribution in [2.24, 2.45) is 5.92 Å². The summed E-state index contributed by atoms with van der Waals surface area (Å²) in [7, 11) is 0. The highest BCUT2D eigenvalue weighted by Crippen LogP contribution is 2.22. The van der Waals surface area contributed by atoms with Crippen LogP contribution < -0.4 is 4.74 Å². The summed E-state index contributed by atoms with van der Waals surface area (Å²) in [5.74, 6) is 1.45. The Morgan fingerprint density at radius 1 is 1.38 bits per heavy atom. The zero-order valence-corrected chi connectivity index (χ0v) is 10.3. The summed E-state index contributed by atoms with van der Waals surface area (Å²) in [6.45, 7) is 7.07. The van der Waals surface area contributed by atoms with Crippen LogP contribution in [-0.4, -0.2) is 6.61 Å². The van der Waals surface area contributed by atoms with Crippen LogP contribution in [0.2, 0.25) is 0 Å². The van der Waals surface area contributed by atoms with Crippen molar-refractivity contribution in [2.75, 3.05) is 6.61 Å². The Morgan fingerprint density at radius 3 is 2.75 bits per heavy atom. The number of ether oxygens (including phenoxy) is 1. The lowest BCUT2D eigenvalue weighted by atomic mass is 10.1. The van der Waals surface area contributed by atoms with Gasteiger partial charge >= 0.3 is 0 Å². The normalized spacial score (nSPS) is 10.2. The number of rotatable bonds is 5. The second-order valence-electron chi connectivity index (χ2n) is 4.45. The average molecular weight is 217 g/mol. The maximum atomic E-state index is 8.96. The Labute approximate surface area is 97.9 Å². The van der Waals surface area contributed by atoms with Gasteiger partial charge in [-0.15, -0.1) is 0 Å². The van der Waals surface area contributed by atoms with Gasteiger partial charge in [0.1, 0.15) is 11.8 Å². The molecule has 16 heavy (non-hydrogen) atoms. The minimum absolute atomic E-state index is 0.629. The molecule has 0 bridgehead atoms. The van der Waals surface area contributed by atoms with Gasteiger partial charge in [0, 0.05) is 0 Å². The van der Waals surface area contributed by atoms with Crippen molar-refractivity contribution < 1.29 is 4.74 Å². The summed E-state index contributed by atoms with van der Waals surface area (Å²) in [6, 6.07) is 7.81. The lowest BCUT2D eigenvalue weighted by Gasteiger charge is -2.11. The fourth-order valence-electron chi connectivity index (χ4n) is 1.60. The van der Waals surface area contributed by atoms with Crippen LogP contribution in [0.1, 0.15) is 37.8 Å². The fraction of sp³-hybridized carbons (Fsp3) is 0.500. The van der Waals surface area contributed by atoms with Crippen molar-refractivity contribution >= 4 is 0 Å². The highest BCUT2D eigenvalue weighted by molar-refractivity contribution is 5.47. The molecule has 0 saturated heterocycles. The average Bonchev–Trinajstić information content (AvgIpc) is 2.25. The predicted molar refractivity (Wildman–Crippen MR) is 65.5 cm³/mol. The van der Waals surface area contributed by atoms with E-state index in [4.69, 9.17) is 10.00 Å². The van der Waals surface area contributed by atoms with Crippen molar-refractivity contribution in [2.45, 2.75) is 33.6 Å². The highest BCUT2D eigenvalue weighted by Gasteiger charge is 2.05. The third-order valence-corrected chi connectivity index (χ3v) is 2.50. The minimum Gasteiger partial charge on any atom is -0.492 e. The molecule has 1 aromatic carbocycles. The Morgan fingerprint density at radius 2 is 2.12 bits per heavy atom. The topological polar surface area (TPSA) is 33.0 Å². The summed E-state index contributed by atoms with van der Waals surface area (Å²) in [6.07, 6.45) is 2.20. The zero-order valence-electron chi connectivity index (χ0n) is 10.3. The van der Waals surface area contributed by atoms with E-state index in [1.165, 1.54) is 0 Å². The van der Waals surface area contributed by atoms with E-state index in [1.807, 2.05) is 19.1 Å². The molecule has 0 aliphatic heterocycles. The number of nitrogens with zero attached hydrogens (tertiary/aromatic N) is 1. The summed E-state index contributed by atoms with van der Waals surface area (Å²) in [5, 5.41) is 8.96. The van der Waals surface area contributed by atoms with Gasteiger partial charge in [-0.25, -0.2) is 0 Å². The molecule has 2 heteroatoms. The SMILES string of the molecule is Cc1cccc(C#N)c1OCCCC(C)C. The van der Waals surface area contributed by atoms with E-state index in [1.54, 1.807) is 6.07 Å². The first kappa shape index (κ1) is 12.6. The summed E-state index contributed by atoms with van der Waals surface area (Å²) in [5.41, 5.74) is 1.66. The van der Waals surface area contributed by atoms with Gasteiger partial charge in [-0.1, -0.05) is 26.0 Å². The van der Waals surface area contributed by atoms with Crippen LogP contribution >= 0.6 is 0 Å². The second-order valence-corrected chi connectivity index (χ2v) is 4.45. The number of aryl methyl sites for hydroxylation is 1. The summed E-state index contributed by atoms with van der Waals surface area (Å²) in [4.78, 5) is 0. The lowest BCUT2D eigenvalue weighted by molar-refractivity contribution is 0.295. The van der Waals surface area contributed by atoms with Crippen LogP contribution in [0, 0.1) is 24.2 Å². The molecule has 0 aliphatic rings. The van der Waals surface area contributed by atoms with Crippen LogP contribution in [0.4, 0.5) is 0 Å². The first-order valence-electron chi connectivity index (χ1n) is 5.77. The Kier molecular flexibility index (Phi) is 4.85. The van der Waals surface area contributed by atoms with Gasteiger partial charge in [0.15, 0.2) is 0 Å². The lowest BCUT2D eigenvalue weighted by Crippen LogP contribution is -2.02. The maximum absolute atomic E-state index is 8.96. The first-order valence-corrected chi connectivity index (χ1v) is 5.77. The smallest absolute Gasteiger partial charge is 0.139 e. The van der Waals surface area contributed by atoms with E-state index in [9.17, 15) is 0 Å². The summed E-state index contributed by atoms with van der Waals surface area (Å²) < 4.78 is 5.69. The van der Waals surface area contributed by atoms with Crippen LogP contribution in [-0.2, 0) is 0 Å². The number of benzene rings is 1. The van der Waals surface area contributed by atoms with Crippen molar-refractivity contribution in [1.29, 1.82) is 5.26 Å². The molecule has 0 N–H and O–H groups in total. The second kappa shape index (κ2) is 6.17. The maximum Gasteiger partial charge on any atom is 0.139 e. The molecule has 0 unspecified atom stereocenters. The third kappa shape index (κ3) is 3.58. The van der Waals surface area contributed by atoms with Gasteiger partial charge in [-0.05, 0) is 37.3 Å². The molecule has 1 aromatic rings. The van der Waals surface area contributed by atoms with Crippen LogP contribution in [0.25, 0.3) is 0 Å². The van der Waals surface area contributed by atoms with Gasteiger partial charge < -0.3 is 4.74 Å². The van der Waals surface area contributed by atoms with Crippen LogP contribution in [0.15, 0.2) is 18.2 Å². The molecule has 0 amide bonds.